The molecule has 1 aliphatic rings. The highest BCUT2D eigenvalue weighted by atomic mass is 35.5. The standard InChI is InChI=1S/C21H14ClFN6O4S/c1-29-19-11(5-16(20(29)31)34(32,33)13-2-3-15(23)14(22)7-13)8-25-21(28-19)26-12-4-10-6-17(30)27-18(10)24-9-12/h2-5,7-9H,6H2,1H3,(H,24,27,30)(H,25,26,28). The number of aromatic nitrogens is 4. The Hall–Kier alpha value is -3.90. The van der Waals surface area contributed by atoms with Crippen LogP contribution in [-0.4, -0.2) is 33.8 Å². The van der Waals surface area contributed by atoms with Crippen LogP contribution in [0.25, 0.3) is 11.0 Å². The van der Waals surface area contributed by atoms with E-state index in [4.69, 9.17) is 11.6 Å². The zero-order valence-electron chi connectivity index (χ0n) is 17.3. The van der Waals surface area contributed by atoms with E-state index in [-0.39, 0.29) is 33.8 Å². The lowest BCUT2D eigenvalue weighted by atomic mass is 10.2. The van der Waals surface area contributed by atoms with Crippen molar-refractivity contribution in [3.63, 3.8) is 0 Å². The molecule has 0 bridgehead atoms. The fourth-order valence-electron chi connectivity index (χ4n) is 3.55. The number of anilines is 3. The van der Waals surface area contributed by atoms with Crippen LogP contribution in [0, 0.1) is 5.82 Å². The quantitative estimate of drug-likeness (QED) is 0.408. The molecule has 3 aromatic heterocycles. The topological polar surface area (TPSA) is 136 Å². The van der Waals surface area contributed by atoms with Gasteiger partial charge < -0.3 is 10.6 Å². The van der Waals surface area contributed by atoms with Crippen molar-refractivity contribution < 1.29 is 17.6 Å². The predicted molar refractivity (Wildman–Crippen MR) is 121 cm³/mol. The van der Waals surface area contributed by atoms with E-state index in [9.17, 15) is 22.4 Å². The molecule has 2 N–H and O–H groups in total. The van der Waals surface area contributed by atoms with Crippen molar-refractivity contribution in [3.8, 4) is 0 Å². The monoisotopic (exact) mass is 500 g/mol. The van der Waals surface area contributed by atoms with E-state index in [0.717, 1.165) is 28.3 Å². The minimum atomic E-state index is -4.29. The average Bonchev–Trinajstić information content (AvgIpc) is 3.17. The third-order valence-electron chi connectivity index (χ3n) is 5.24. The summed E-state index contributed by atoms with van der Waals surface area (Å²) in [5.74, 6) is -0.289. The zero-order valence-corrected chi connectivity index (χ0v) is 18.9. The molecule has 5 rings (SSSR count). The first kappa shape index (κ1) is 21.9. The van der Waals surface area contributed by atoms with Crippen LogP contribution in [-0.2, 0) is 28.1 Å². The summed E-state index contributed by atoms with van der Waals surface area (Å²) in [5, 5.41) is 5.52. The number of pyridine rings is 2. The average molecular weight is 501 g/mol. The summed E-state index contributed by atoms with van der Waals surface area (Å²) in [4.78, 5) is 36.3. The number of carbonyl (C=O) groups is 1. The second kappa shape index (κ2) is 7.85. The number of amides is 1. The summed E-state index contributed by atoms with van der Waals surface area (Å²) in [6, 6.07) is 5.81. The molecule has 0 unspecified atom stereocenters. The van der Waals surface area contributed by atoms with Crippen LogP contribution in [0.2, 0.25) is 5.02 Å². The third kappa shape index (κ3) is 3.66. The summed E-state index contributed by atoms with van der Waals surface area (Å²) in [6.45, 7) is 0. The molecular formula is C21H14ClFN6O4S. The van der Waals surface area contributed by atoms with Crippen LogP contribution in [0.5, 0.6) is 0 Å². The van der Waals surface area contributed by atoms with Crippen LogP contribution >= 0.6 is 11.6 Å². The maximum absolute atomic E-state index is 13.5. The normalized spacial score (nSPS) is 13.1. The number of aryl methyl sites for hydroxylation is 1. The maximum atomic E-state index is 13.5. The molecule has 0 fully saturated rings. The fraction of sp³-hybridized carbons (Fsp3) is 0.0952. The highest BCUT2D eigenvalue weighted by Crippen LogP contribution is 2.27. The molecule has 1 aliphatic heterocycles. The lowest BCUT2D eigenvalue weighted by Crippen LogP contribution is -2.25. The molecule has 13 heteroatoms. The van der Waals surface area contributed by atoms with Crippen molar-refractivity contribution in [1.82, 2.24) is 19.5 Å². The first-order valence-electron chi connectivity index (χ1n) is 9.76. The molecule has 4 heterocycles. The zero-order chi connectivity index (χ0) is 24.2. The summed E-state index contributed by atoms with van der Waals surface area (Å²) >= 11 is 5.72. The summed E-state index contributed by atoms with van der Waals surface area (Å²) < 4.78 is 40.7. The number of sulfone groups is 1. The highest BCUT2D eigenvalue weighted by Gasteiger charge is 2.25. The molecule has 1 amide bonds. The number of benzene rings is 1. The van der Waals surface area contributed by atoms with Gasteiger partial charge in [0.15, 0.2) is 0 Å². The Balaban J connectivity index is 1.54. The van der Waals surface area contributed by atoms with Crippen molar-refractivity contribution >= 4 is 55.8 Å². The Labute approximate surface area is 196 Å². The molecule has 0 saturated carbocycles. The van der Waals surface area contributed by atoms with Crippen molar-refractivity contribution in [1.29, 1.82) is 0 Å². The third-order valence-corrected chi connectivity index (χ3v) is 7.27. The Morgan fingerprint density at radius 1 is 1.15 bits per heavy atom. The Bertz CT molecular complexity index is 1690. The van der Waals surface area contributed by atoms with Crippen molar-refractivity contribution in [3.05, 3.63) is 69.5 Å². The second-order valence-electron chi connectivity index (χ2n) is 7.51. The minimum Gasteiger partial charge on any atom is -0.323 e. The van der Waals surface area contributed by atoms with Crippen molar-refractivity contribution in [2.45, 2.75) is 16.2 Å². The van der Waals surface area contributed by atoms with Crippen LogP contribution in [0.3, 0.4) is 0 Å². The number of hydrogen-bond donors (Lipinski definition) is 2. The van der Waals surface area contributed by atoms with Gasteiger partial charge in [0.2, 0.25) is 21.7 Å². The van der Waals surface area contributed by atoms with Crippen LogP contribution in [0.4, 0.5) is 21.8 Å². The molecule has 0 saturated heterocycles. The number of hydrogen-bond acceptors (Lipinski definition) is 8. The summed E-state index contributed by atoms with van der Waals surface area (Å²) in [6.07, 6.45) is 3.08. The molecule has 1 aromatic carbocycles. The fourth-order valence-corrected chi connectivity index (χ4v) is 5.21. The second-order valence-corrected chi connectivity index (χ2v) is 9.83. The van der Waals surface area contributed by atoms with Gasteiger partial charge in [0.1, 0.15) is 22.2 Å². The number of nitrogens with zero attached hydrogens (tertiary/aromatic N) is 4. The molecule has 34 heavy (non-hydrogen) atoms. The van der Waals surface area contributed by atoms with Gasteiger partial charge in [-0.25, -0.2) is 22.8 Å². The molecule has 0 aliphatic carbocycles. The largest absolute Gasteiger partial charge is 0.323 e. The molecular weight excluding hydrogens is 487 g/mol. The van der Waals surface area contributed by atoms with E-state index in [1.165, 1.54) is 25.5 Å². The van der Waals surface area contributed by atoms with Crippen molar-refractivity contribution in [2.75, 3.05) is 10.6 Å². The first-order chi connectivity index (χ1) is 16.1. The maximum Gasteiger partial charge on any atom is 0.271 e. The number of halogens is 2. The van der Waals surface area contributed by atoms with Crippen LogP contribution < -0.4 is 16.2 Å². The minimum absolute atomic E-state index is 0.141. The Morgan fingerprint density at radius 2 is 1.94 bits per heavy atom. The van der Waals surface area contributed by atoms with Crippen LogP contribution in [0.15, 0.2) is 57.3 Å². The van der Waals surface area contributed by atoms with E-state index in [1.54, 1.807) is 6.07 Å². The summed E-state index contributed by atoms with van der Waals surface area (Å²) in [5.41, 5.74) is 0.622. The lowest BCUT2D eigenvalue weighted by Gasteiger charge is -2.11. The van der Waals surface area contributed by atoms with E-state index in [0.29, 0.717) is 16.9 Å². The lowest BCUT2D eigenvalue weighted by molar-refractivity contribution is -0.115. The van der Waals surface area contributed by atoms with E-state index < -0.39 is 26.1 Å². The van der Waals surface area contributed by atoms with Crippen LogP contribution in [0.1, 0.15) is 5.56 Å². The van der Waals surface area contributed by atoms with Gasteiger partial charge in [0.25, 0.3) is 5.56 Å². The Morgan fingerprint density at radius 3 is 2.71 bits per heavy atom. The van der Waals surface area contributed by atoms with Gasteiger partial charge in [-0.05, 0) is 30.3 Å². The van der Waals surface area contributed by atoms with E-state index in [1.807, 2.05) is 0 Å². The Kier molecular flexibility index (Phi) is 5.06. The van der Waals surface area contributed by atoms with Gasteiger partial charge in [0.05, 0.1) is 28.2 Å². The number of nitrogens with one attached hydrogen (secondary N) is 2. The molecule has 0 radical (unpaired) electrons. The number of rotatable bonds is 4. The molecule has 0 spiro atoms. The summed E-state index contributed by atoms with van der Waals surface area (Å²) in [7, 11) is -2.91. The van der Waals surface area contributed by atoms with Gasteiger partial charge >= 0.3 is 0 Å². The molecule has 172 valence electrons. The highest BCUT2D eigenvalue weighted by molar-refractivity contribution is 7.91. The molecule has 10 nitrogen and oxygen atoms in total. The molecule has 4 aromatic rings. The van der Waals surface area contributed by atoms with E-state index in [2.05, 4.69) is 25.6 Å². The number of fused-ring (bicyclic) bond motifs is 2. The first-order valence-corrected chi connectivity index (χ1v) is 11.6. The smallest absolute Gasteiger partial charge is 0.271 e. The van der Waals surface area contributed by atoms with Gasteiger partial charge in [-0.3, -0.25) is 14.2 Å². The molecule has 0 atom stereocenters. The van der Waals surface area contributed by atoms with E-state index >= 15 is 0 Å². The van der Waals surface area contributed by atoms with Gasteiger partial charge in [0, 0.05) is 24.2 Å². The SMILES string of the molecule is Cn1c(=O)c(S(=O)(=O)c2ccc(F)c(Cl)c2)cc2cnc(Nc3cnc4c(c3)CC(=O)N4)nc21. The van der Waals surface area contributed by atoms with Gasteiger partial charge in [-0.2, -0.15) is 4.98 Å². The van der Waals surface area contributed by atoms with Gasteiger partial charge in [-0.1, -0.05) is 11.6 Å². The van der Waals surface area contributed by atoms with Gasteiger partial charge in [-0.15, -0.1) is 0 Å². The predicted octanol–water partition coefficient (Wildman–Crippen LogP) is 2.59. The van der Waals surface area contributed by atoms with Crippen molar-refractivity contribution in [2.24, 2.45) is 7.05 Å². The number of carbonyl (C=O) groups excluding carboxylic acids is 1.